The predicted molar refractivity (Wildman–Crippen MR) is 141 cm³/mol. The van der Waals surface area contributed by atoms with Crippen molar-refractivity contribution in [2.45, 2.75) is 105 Å². The van der Waals surface area contributed by atoms with E-state index < -0.39 is 11.2 Å². The molecule has 1 unspecified atom stereocenters. The van der Waals surface area contributed by atoms with Crippen LogP contribution in [0.25, 0.3) is 0 Å². The third kappa shape index (κ3) is 20.3. The quantitative estimate of drug-likeness (QED) is 0.162. The molecule has 0 saturated heterocycles. The van der Waals surface area contributed by atoms with Gasteiger partial charge in [-0.25, -0.2) is 5.48 Å². The molecule has 1 atom stereocenters. The van der Waals surface area contributed by atoms with Crippen molar-refractivity contribution < 1.29 is 38.4 Å². The highest BCUT2D eigenvalue weighted by molar-refractivity contribution is 5.74. The Labute approximate surface area is 219 Å². The Morgan fingerprint density at radius 3 is 1.83 bits per heavy atom. The van der Waals surface area contributed by atoms with Gasteiger partial charge in [-0.1, -0.05) is 13.8 Å². The minimum absolute atomic E-state index is 0.00130. The lowest BCUT2D eigenvalue weighted by atomic mass is 9.94. The maximum atomic E-state index is 12.2. The van der Waals surface area contributed by atoms with Crippen molar-refractivity contribution in [1.82, 2.24) is 5.48 Å². The fraction of sp³-hybridized carbons (Fsp3) is 0.963. The number of hydrogen-bond acceptors (Lipinski definition) is 8. The van der Waals surface area contributed by atoms with Crippen molar-refractivity contribution in [3.8, 4) is 0 Å². The number of aliphatic hydroxyl groups excluding tert-OH is 1. The largest absolute Gasteiger partial charge is 0.393 e. The minimum atomic E-state index is -0.641. The van der Waals surface area contributed by atoms with E-state index in [9.17, 15) is 9.90 Å². The Hall–Kier alpha value is -0.810. The molecule has 0 saturated carbocycles. The molecule has 0 aromatic rings. The molecule has 0 bridgehead atoms. The molecule has 216 valence electrons. The van der Waals surface area contributed by atoms with Crippen molar-refractivity contribution in [2.75, 3.05) is 59.5 Å². The van der Waals surface area contributed by atoms with Crippen LogP contribution >= 0.6 is 0 Å². The van der Waals surface area contributed by atoms with Crippen LogP contribution in [-0.2, 0) is 33.3 Å². The molecule has 2 N–H and O–H groups in total. The number of unbranched alkanes of at least 4 members (excludes halogenated alkanes) is 1. The van der Waals surface area contributed by atoms with Crippen LogP contribution in [0.15, 0.2) is 0 Å². The lowest BCUT2D eigenvalue weighted by Gasteiger charge is -2.29. The maximum Gasteiger partial charge on any atom is 0.245 e. The summed E-state index contributed by atoms with van der Waals surface area (Å²) in [6.07, 6.45) is 2.86. The molecule has 0 aliphatic carbocycles. The van der Waals surface area contributed by atoms with Crippen LogP contribution in [0.3, 0.4) is 0 Å². The topological polar surface area (TPSA) is 105 Å². The van der Waals surface area contributed by atoms with Crippen LogP contribution in [0.5, 0.6) is 0 Å². The molecule has 0 aliphatic rings. The van der Waals surface area contributed by atoms with E-state index in [0.29, 0.717) is 46.2 Å². The molecule has 0 spiro atoms. The molecule has 1 amide bonds. The van der Waals surface area contributed by atoms with Crippen molar-refractivity contribution in [1.29, 1.82) is 0 Å². The highest BCUT2D eigenvalue weighted by Crippen LogP contribution is 2.19. The van der Waals surface area contributed by atoms with E-state index in [-0.39, 0.29) is 36.6 Å². The summed E-state index contributed by atoms with van der Waals surface area (Å²) >= 11 is 0. The van der Waals surface area contributed by atoms with Gasteiger partial charge in [-0.15, -0.1) is 0 Å². The number of hydroxylamine groups is 1. The number of amides is 1. The second-order valence-corrected chi connectivity index (χ2v) is 12.0. The van der Waals surface area contributed by atoms with Crippen LogP contribution in [0.2, 0.25) is 0 Å². The third-order valence-electron chi connectivity index (χ3n) is 5.02. The summed E-state index contributed by atoms with van der Waals surface area (Å²) in [6, 6.07) is 0. The molecular weight excluding hydrogens is 466 g/mol. The Morgan fingerprint density at radius 2 is 1.28 bits per heavy atom. The van der Waals surface area contributed by atoms with E-state index in [2.05, 4.69) is 19.3 Å². The summed E-state index contributed by atoms with van der Waals surface area (Å²) in [6.45, 7) is 21.5. The van der Waals surface area contributed by atoms with Crippen LogP contribution in [0.4, 0.5) is 0 Å². The first-order chi connectivity index (χ1) is 16.6. The van der Waals surface area contributed by atoms with Gasteiger partial charge >= 0.3 is 0 Å². The highest BCUT2D eigenvalue weighted by Gasteiger charge is 2.27. The average molecular weight is 522 g/mol. The van der Waals surface area contributed by atoms with Gasteiger partial charge in [-0.05, 0) is 67.7 Å². The second-order valence-electron chi connectivity index (χ2n) is 12.0. The molecular formula is C27H55NO8. The fourth-order valence-electron chi connectivity index (χ4n) is 2.76. The standard InChI is InChI=1S/C27H55NO8/c1-10-14-31-20-27(9,21-32-15-11-12-16-34-25(5,6)18-29)22-33-17-13-23(30)28-36-26(7,8)19-35-24(2,3)4/h29H,10-22H2,1-9H3,(H,28,30). The van der Waals surface area contributed by atoms with E-state index in [1.165, 1.54) is 0 Å². The zero-order valence-corrected chi connectivity index (χ0v) is 24.5. The molecule has 9 nitrogen and oxygen atoms in total. The number of aliphatic hydroxyl groups is 1. The van der Waals surface area contributed by atoms with E-state index in [0.717, 1.165) is 19.3 Å². The van der Waals surface area contributed by atoms with Crippen molar-refractivity contribution in [3.63, 3.8) is 0 Å². The highest BCUT2D eigenvalue weighted by atomic mass is 16.7. The number of nitrogens with one attached hydrogen (secondary N) is 1. The summed E-state index contributed by atoms with van der Waals surface area (Å²) in [5.41, 5.74) is 0.758. The SMILES string of the molecule is CCCOCC(C)(COCCCCOC(C)(C)CO)COCCC(=O)NOC(C)(C)COC(C)(C)C. The molecule has 36 heavy (non-hydrogen) atoms. The van der Waals surface area contributed by atoms with Gasteiger partial charge in [0, 0.05) is 25.2 Å². The summed E-state index contributed by atoms with van der Waals surface area (Å²) < 4.78 is 28.9. The molecule has 9 heteroatoms. The predicted octanol–water partition coefficient (Wildman–Crippen LogP) is 4.05. The van der Waals surface area contributed by atoms with E-state index in [1.807, 2.05) is 48.5 Å². The Kier molecular flexibility index (Phi) is 17.3. The van der Waals surface area contributed by atoms with Crippen LogP contribution in [-0.4, -0.2) is 87.3 Å². The van der Waals surface area contributed by atoms with Gasteiger partial charge in [0.2, 0.25) is 5.91 Å². The number of hydrogen-bond donors (Lipinski definition) is 2. The first-order valence-corrected chi connectivity index (χ1v) is 13.2. The van der Waals surface area contributed by atoms with Crippen molar-refractivity contribution in [2.24, 2.45) is 5.41 Å². The van der Waals surface area contributed by atoms with Crippen LogP contribution in [0, 0.1) is 5.41 Å². The molecule has 0 fully saturated rings. The maximum absolute atomic E-state index is 12.2. The monoisotopic (exact) mass is 521 g/mol. The summed E-state index contributed by atoms with van der Waals surface area (Å²) in [5.74, 6) is -0.245. The Morgan fingerprint density at radius 1 is 0.722 bits per heavy atom. The average Bonchev–Trinajstić information content (AvgIpc) is 2.78. The first kappa shape index (κ1) is 35.2. The molecule has 0 heterocycles. The lowest BCUT2D eigenvalue weighted by molar-refractivity contribution is -0.167. The third-order valence-corrected chi connectivity index (χ3v) is 5.02. The molecule has 0 aromatic heterocycles. The summed E-state index contributed by atoms with van der Waals surface area (Å²) in [7, 11) is 0. The molecule has 0 rings (SSSR count). The van der Waals surface area contributed by atoms with Crippen LogP contribution < -0.4 is 5.48 Å². The Balaban J connectivity index is 4.29. The molecule has 0 aromatic carbocycles. The number of carbonyl (C=O) groups excluding carboxylic acids is 1. The van der Waals surface area contributed by atoms with Crippen molar-refractivity contribution in [3.05, 3.63) is 0 Å². The van der Waals surface area contributed by atoms with Gasteiger partial charge in [0.15, 0.2) is 0 Å². The lowest BCUT2D eigenvalue weighted by Crippen LogP contribution is -2.41. The second kappa shape index (κ2) is 17.7. The smallest absolute Gasteiger partial charge is 0.245 e. The number of rotatable bonds is 22. The molecule has 0 aliphatic heterocycles. The van der Waals surface area contributed by atoms with Gasteiger partial charge in [-0.3, -0.25) is 9.63 Å². The van der Waals surface area contributed by atoms with Gasteiger partial charge < -0.3 is 28.8 Å². The van der Waals surface area contributed by atoms with Crippen molar-refractivity contribution >= 4 is 5.91 Å². The minimum Gasteiger partial charge on any atom is -0.393 e. The zero-order chi connectivity index (χ0) is 27.7. The first-order valence-electron chi connectivity index (χ1n) is 13.2. The fourth-order valence-corrected chi connectivity index (χ4v) is 2.76. The van der Waals surface area contributed by atoms with E-state index in [1.54, 1.807) is 0 Å². The number of carbonyl (C=O) groups is 1. The normalized spacial score (nSPS) is 14.6. The van der Waals surface area contributed by atoms with Gasteiger partial charge in [-0.2, -0.15) is 0 Å². The van der Waals surface area contributed by atoms with E-state index >= 15 is 0 Å². The summed E-state index contributed by atoms with van der Waals surface area (Å²) in [4.78, 5) is 17.7. The van der Waals surface area contributed by atoms with Gasteiger partial charge in [0.1, 0.15) is 5.60 Å². The molecule has 0 radical (unpaired) electrons. The van der Waals surface area contributed by atoms with Crippen LogP contribution in [0.1, 0.15) is 88.0 Å². The zero-order valence-electron chi connectivity index (χ0n) is 24.5. The van der Waals surface area contributed by atoms with E-state index in [4.69, 9.17) is 28.5 Å². The summed E-state index contributed by atoms with van der Waals surface area (Å²) in [5, 5.41) is 9.23. The number of ether oxygens (including phenoxy) is 5. The van der Waals surface area contributed by atoms with Gasteiger partial charge in [0.25, 0.3) is 0 Å². The van der Waals surface area contributed by atoms with Gasteiger partial charge in [0.05, 0.1) is 57.3 Å². The Bertz CT molecular complexity index is 577.